The van der Waals surface area contributed by atoms with Crippen molar-refractivity contribution in [3.8, 4) is 0 Å². The quantitative estimate of drug-likeness (QED) is 0.478. The first-order valence-electron chi connectivity index (χ1n) is 5.94. The molecule has 0 aliphatic carbocycles. The van der Waals surface area contributed by atoms with Crippen molar-refractivity contribution >= 4 is 11.9 Å². The Morgan fingerprint density at radius 3 is 1.24 bits per heavy atom. The zero-order valence-corrected chi connectivity index (χ0v) is 15.0. The van der Waals surface area contributed by atoms with Crippen molar-refractivity contribution in [3.63, 3.8) is 0 Å². The van der Waals surface area contributed by atoms with E-state index in [0.717, 1.165) is 38.5 Å². The van der Waals surface area contributed by atoms with Gasteiger partial charge >= 0.3 is 27.3 Å². The van der Waals surface area contributed by atoms with Crippen LogP contribution >= 0.6 is 0 Å². The van der Waals surface area contributed by atoms with E-state index in [-0.39, 0.29) is 40.1 Å². The van der Waals surface area contributed by atoms with Gasteiger partial charge in [0.25, 0.3) is 0 Å². The monoisotopic (exact) mass is 344 g/mol. The standard InChI is InChI=1S/2C6H12O2.Cd/c2*1-2-3-4-5-6(7)8;/h2*2-5H2,1H3,(H,7,8);/q;;+2/p-2. The van der Waals surface area contributed by atoms with Crippen LogP contribution in [-0.2, 0) is 36.9 Å². The average Bonchev–Trinajstić information content (AvgIpc) is 2.18. The number of carboxylic acid groups (broad SMARTS) is 2. The maximum Gasteiger partial charge on any atom is 2.00 e. The van der Waals surface area contributed by atoms with Gasteiger partial charge in [-0.3, -0.25) is 0 Å². The Labute approximate surface area is 124 Å². The van der Waals surface area contributed by atoms with E-state index >= 15 is 0 Å². The first-order valence-corrected chi connectivity index (χ1v) is 5.94. The summed E-state index contributed by atoms with van der Waals surface area (Å²) in [6, 6.07) is 0. The van der Waals surface area contributed by atoms with Crippen LogP contribution in [0.4, 0.5) is 0 Å². The summed E-state index contributed by atoms with van der Waals surface area (Å²) in [6.07, 6.45) is 6.07. The summed E-state index contributed by atoms with van der Waals surface area (Å²) >= 11 is 0. The zero-order valence-electron chi connectivity index (χ0n) is 11.0. The molecule has 0 bridgehead atoms. The fraction of sp³-hybridized carbons (Fsp3) is 0.833. The largest absolute Gasteiger partial charge is 2.00 e. The van der Waals surface area contributed by atoms with Gasteiger partial charge in [-0.15, -0.1) is 0 Å². The fourth-order valence-corrected chi connectivity index (χ4v) is 1.04. The molecular formula is C12H22CdO4. The van der Waals surface area contributed by atoms with Crippen LogP contribution in [0.5, 0.6) is 0 Å². The van der Waals surface area contributed by atoms with Crippen LogP contribution in [0, 0.1) is 0 Å². The summed E-state index contributed by atoms with van der Waals surface area (Å²) in [6.45, 7) is 4.07. The number of hydrogen-bond donors (Lipinski definition) is 0. The third-order valence-corrected chi connectivity index (χ3v) is 1.97. The summed E-state index contributed by atoms with van der Waals surface area (Å²) in [5, 5.41) is 19.5. The molecule has 0 saturated heterocycles. The third kappa shape index (κ3) is 31.3. The number of aliphatic carboxylic acids is 2. The Kier molecular flexibility index (Phi) is 23.7. The average molecular weight is 343 g/mol. The molecule has 0 rings (SSSR count). The Bertz CT molecular complexity index is 163. The Morgan fingerprint density at radius 2 is 1.06 bits per heavy atom. The molecule has 4 nitrogen and oxygen atoms in total. The molecule has 0 radical (unpaired) electrons. The second-order valence-corrected chi connectivity index (χ2v) is 3.66. The molecule has 0 aromatic rings. The second kappa shape index (κ2) is 18.2. The molecule has 0 aromatic heterocycles. The van der Waals surface area contributed by atoms with Gasteiger partial charge in [-0.2, -0.15) is 0 Å². The van der Waals surface area contributed by atoms with Crippen LogP contribution in [0.15, 0.2) is 0 Å². The van der Waals surface area contributed by atoms with E-state index in [1.807, 2.05) is 13.8 Å². The molecule has 96 valence electrons. The normalized spacial score (nSPS) is 8.59. The SMILES string of the molecule is CCCCCC(=O)[O-].CCCCCC(=O)[O-].[Cd+2]. The predicted molar refractivity (Wildman–Crippen MR) is 58.3 cm³/mol. The Balaban J connectivity index is -0.000000218. The van der Waals surface area contributed by atoms with Crippen molar-refractivity contribution in [2.24, 2.45) is 0 Å². The van der Waals surface area contributed by atoms with Crippen molar-refractivity contribution in [1.29, 1.82) is 0 Å². The molecule has 0 aliphatic rings. The van der Waals surface area contributed by atoms with E-state index in [9.17, 15) is 19.8 Å². The first-order chi connectivity index (χ1) is 7.54. The maximum atomic E-state index is 9.76. The van der Waals surface area contributed by atoms with Crippen LogP contribution < -0.4 is 10.2 Å². The number of carboxylic acids is 2. The molecule has 0 atom stereocenters. The van der Waals surface area contributed by atoms with Gasteiger partial charge in [0.15, 0.2) is 0 Å². The number of carbonyl (C=O) groups is 2. The molecule has 0 heterocycles. The fourth-order valence-electron chi connectivity index (χ4n) is 1.04. The van der Waals surface area contributed by atoms with Gasteiger partial charge in [-0.05, 0) is 25.7 Å². The molecule has 0 spiro atoms. The number of rotatable bonds is 8. The number of carbonyl (C=O) groups excluding carboxylic acids is 2. The summed E-state index contributed by atoms with van der Waals surface area (Å²) in [5.41, 5.74) is 0. The number of unbranched alkanes of at least 4 members (excludes halogenated alkanes) is 4. The van der Waals surface area contributed by atoms with Crippen LogP contribution in [-0.4, -0.2) is 11.9 Å². The van der Waals surface area contributed by atoms with Gasteiger partial charge in [-0.25, -0.2) is 0 Å². The molecule has 0 fully saturated rings. The summed E-state index contributed by atoms with van der Waals surface area (Å²) in [5.74, 6) is -1.86. The van der Waals surface area contributed by atoms with Crippen molar-refractivity contribution in [2.45, 2.75) is 65.2 Å². The van der Waals surface area contributed by atoms with E-state index < -0.39 is 11.9 Å². The van der Waals surface area contributed by atoms with Gasteiger partial charge in [0.2, 0.25) is 0 Å². The molecule has 17 heavy (non-hydrogen) atoms. The molecule has 0 saturated carbocycles. The van der Waals surface area contributed by atoms with Gasteiger partial charge in [0.1, 0.15) is 0 Å². The predicted octanol–water partition coefficient (Wildman–Crippen LogP) is 0.631. The van der Waals surface area contributed by atoms with Crippen molar-refractivity contribution in [1.82, 2.24) is 0 Å². The Hall–Kier alpha value is -0.138. The van der Waals surface area contributed by atoms with E-state index in [1.54, 1.807) is 0 Å². The van der Waals surface area contributed by atoms with Crippen LogP contribution in [0.1, 0.15) is 65.2 Å². The van der Waals surface area contributed by atoms with Crippen LogP contribution in [0.3, 0.4) is 0 Å². The van der Waals surface area contributed by atoms with E-state index in [0.29, 0.717) is 0 Å². The van der Waals surface area contributed by atoms with Crippen molar-refractivity contribution < 1.29 is 47.1 Å². The summed E-state index contributed by atoms with van der Waals surface area (Å²) in [7, 11) is 0. The first kappa shape index (κ1) is 22.1. The van der Waals surface area contributed by atoms with Crippen molar-refractivity contribution in [2.75, 3.05) is 0 Å². The van der Waals surface area contributed by atoms with E-state index in [4.69, 9.17) is 0 Å². The molecular weight excluding hydrogens is 321 g/mol. The third-order valence-electron chi connectivity index (χ3n) is 1.97. The van der Waals surface area contributed by atoms with E-state index in [1.165, 1.54) is 0 Å². The minimum atomic E-state index is -0.932. The maximum absolute atomic E-state index is 9.76. The summed E-state index contributed by atoms with van der Waals surface area (Å²) in [4.78, 5) is 19.5. The second-order valence-electron chi connectivity index (χ2n) is 3.66. The minimum absolute atomic E-state index is 0. The summed E-state index contributed by atoms with van der Waals surface area (Å²) < 4.78 is 0. The van der Waals surface area contributed by atoms with Gasteiger partial charge in [0, 0.05) is 11.9 Å². The smallest absolute Gasteiger partial charge is 0.550 e. The molecule has 0 aromatic carbocycles. The van der Waals surface area contributed by atoms with Crippen molar-refractivity contribution in [3.05, 3.63) is 0 Å². The Morgan fingerprint density at radius 1 is 0.765 bits per heavy atom. The topological polar surface area (TPSA) is 80.3 Å². The molecule has 0 unspecified atom stereocenters. The minimum Gasteiger partial charge on any atom is -0.550 e. The van der Waals surface area contributed by atoms with E-state index in [2.05, 4.69) is 0 Å². The molecule has 0 aliphatic heterocycles. The number of hydrogen-bond acceptors (Lipinski definition) is 4. The molecule has 5 heteroatoms. The van der Waals surface area contributed by atoms with Gasteiger partial charge in [-0.1, -0.05) is 39.5 Å². The molecule has 0 amide bonds. The van der Waals surface area contributed by atoms with Crippen LogP contribution in [0.25, 0.3) is 0 Å². The zero-order chi connectivity index (χ0) is 12.8. The molecule has 0 N–H and O–H groups in total. The van der Waals surface area contributed by atoms with Crippen LogP contribution in [0.2, 0.25) is 0 Å². The van der Waals surface area contributed by atoms with Gasteiger partial charge < -0.3 is 19.8 Å². The van der Waals surface area contributed by atoms with Gasteiger partial charge in [0.05, 0.1) is 0 Å².